The quantitative estimate of drug-likeness (QED) is 0.422. The molecule has 4 unspecified atom stereocenters. The number of hydroxylamine groups is 1. The Balaban J connectivity index is 2.20. The molecule has 0 aliphatic carbocycles. The summed E-state index contributed by atoms with van der Waals surface area (Å²) in [6.45, 7) is -0.328. The van der Waals surface area contributed by atoms with E-state index < -0.39 is 23.2 Å². The molecule has 1 saturated heterocycles. The van der Waals surface area contributed by atoms with Gasteiger partial charge in [0.25, 0.3) is 0 Å². The summed E-state index contributed by atoms with van der Waals surface area (Å²) in [4.78, 5) is 7.79. The first-order valence-electron chi connectivity index (χ1n) is 4.79. The van der Waals surface area contributed by atoms with E-state index in [1.54, 1.807) is 0 Å². The number of amidine groups is 1. The van der Waals surface area contributed by atoms with Crippen molar-refractivity contribution in [3.8, 4) is 0 Å². The number of fused-ring (bicyclic) bond motifs is 1. The topological polar surface area (TPSA) is 104 Å². The van der Waals surface area contributed by atoms with Crippen molar-refractivity contribution in [3.05, 3.63) is 0 Å². The average Bonchev–Trinajstić information content (AvgIpc) is 2.65. The van der Waals surface area contributed by atoms with Crippen LogP contribution in [-0.2, 0) is 9.57 Å². The number of nitrogens with one attached hydrogen (secondary N) is 1. The van der Waals surface area contributed by atoms with Gasteiger partial charge in [-0.15, -0.1) is 0 Å². The fourth-order valence-electron chi connectivity index (χ4n) is 1.77. The zero-order valence-electron chi connectivity index (χ0n) is 8.66. The Morgan fingerprint density at radius 3 is 3.06 bits per heavy atom. The van der Waals surface area contributed by atoms with Crippen LogP contribution in [0, 0.1) is 0 Å². The molecular formula is C8H14N2O5S. The molecule has 0 aromatic heterocycles. The molecule has 0 amide bonds. The Kier molecular flexibility index (Phi) is 3.38. The molecule has 0 radical (unpaired) electrons. The van der Waals surface area contributed by atoms with Crippen LogP contribution in [0.5, 0.6) is 0 Å². The minimum Gasteiger partial charge on any atom is -0.392 e. The van der Waals surface area contributed by atoms with Crippen molar-refractivity contribution >= 4 is 16.9 Å². The molecular weight excluding hydrogens is 236 g/mol. The summed E-state index contributed by atoms with van der Waals surface area (Å²) >= 11 is 1.14. The molecule has 7 nitrogen and oxygen atoms in total. The van der Waals surface area contributed by atoms with Crippen molar-refractivity contribution in [2.45, 2.75) is 23.2 Å². The standard InChI is InChI=1S/C8H14N2O5S/c1-14-10-7-9-6-5(13)4(12)2-15-8(6,3-11)16-7/h4-6,11-13H,2-3H2,1H3,(H,9,10). The van der Waals surface area contributed by atoms with E-state index in [1.807, 2.05) is 0 Å². The minimum absolute atomic E-state index is 0.0268. The van der Waals surface area contributed by atoms with Crippen molar-refractivity contribution in [1.82, 2.24) is 5.48 Å². The molecule has 0 aromatic carbocycles. The molecule has 2 aliphatic heterocycles. The molecule has 4 atom stereocenters. The van der Waals surface area contributed by atoms with E-state index in [0.29, 0.717) is 5.17 Å². The second kappa shape index (κ2) is 4.47. The first kappa shape index (κ1) is 12.1. The summed E-state index contributed by atoms with van der Waals surface area (Å²) < 4.78 is 5.39. The number of thioether (sulfide) groups is 1. The van der Waals surface area contributed by atoms with Crippen molar-refractivity contribution < 1.29 is 24.9 Å². The van der Waals surface area contributed by atoms with Gasteiger partial charge in [0.05, 0.1) is 20.3 Å². The Hall–Kier alpha value is -0.380. The highest BCUT2D eigenvalue weighted by molar-refractivity contribution is 8.15. The second-order valence-corrected chi connectivity index (χ2v) is 4.91. The lowest BCUT2D eigenvalue weighted by Crippen LogP contribution is -2.58. The van der Waals surface area contributed by atoms with Crippen LogP contribution in [0.4, 0.5) is 0 Å². The summed E-state index contributed by atoms with van der Waals surface area (Å²) in [5.74, 6) is 0. The van der Waals surface area contributed by atoms with Crippen LogP contribution in [0.2, 0.25) is 0 Å². The summed E-state index contributed by atoms with van der Waals surface area (Å²) in [6, 6.07) is -0.705. The Bertz CT molecular complexity index is 302. The maximum absolute atomic E-state index is 9.80. The SMILES string of the molecule is CONC1=NC2C(O)C(O)COC2(CO)S1. The maximum Gasteiger partial charge on any atom is 0.184 e. The highest BCUT2D eigenvalue weighted by atomic mass is 32.2. The lowest BCUT2D eigenvalue weighted by atomic mass is 9.98. The molecule has 2 heterocycles. The third-order valence-corrected chi connectivity index (χ3v) is 3.82. The van der Waals surface area contributed by atoms with Crippen molar-refractivity contribution in [3.63, 3.8) is 0 Å². The number of hydrogen-bond acceptors (Lipinski definition) is 8. The minimum atomic E-state index is -1.05. The highest BCUT2D eigenvalue weighted by Gasteiger charge is 2.55. The Morgan fingerprint density at radius 1 is 1.69 bits per heavy atom. The van der Waals surface area contributed by atoms with Gasteiger partial charge in [0.15, 0.2) is 10.1 Å². The smallest absolute Gasteiger partial charge is 0.184 e. The molecule has 4 N–H and O–H groups in total. The number of ether oxygens (including phenoxy) is 1. The maximum atomic E-state index is 9.80. The van der Waals surface area contributed by atoms with E-state index in [4.69, 9.17) is 9.57 Å². The van der Waals surface area contributed by atoms with Crippen LogP contribution < -0.4 is 5.48 Å². The molecule has 8 heteroatoms. The summed E-state index contributed by atoms with van der Waals surface area (Å²) in [5, 5.41) is 29.0. The van der Waals surface area contributed by atoms with E-state index in [1.165, 1.54) is 7.11 Å². The van der Waals surface area contributed by atoms with Crippen molar-refractivity contribution in [2.24, 2.45) is 4.99 Å². The second-order valence-electron chi connectivity index (χ2n) is 3.63. The monoisotopic (exact) mass is 250 g/mol. The van der Waals surface area contributed by atoms with Crippen LogP contribution in [0.15, 0.2) is 4.99 Å². The van der Waals surface area contributed by atoms with Crippen LogP contribution in [-0.4, -0.2) is 64.0 Å². The van der Waals surface area contributed by atoms with Gasteiger partial charge in [-0.2, -0.15) is 0 Å². The summed E-state index contributed by atoms with van der Waals surface area (Å²) in [6.07, 6.45) is -2.04. The molecule has 0 spiro atoms. The van der Waals surface area contributed by atoms with Gasteiger partial charge in [-0.25, -0.2) is 5.48 Å². The fourth-order valence-corrected chi connectivity index (χ4v) is 2.89. The van der Waals surface area contributed by atoms with E-state index >= 15 is 0 Å². The molecule has 2 rings (SSSR count). The van der Waals surface area contributed by atoms with Gasteiger partial charge in [0.1, 0.15) is 18.2 Å². The van der Waals surface area contributed by atoms with Gasteiger partial charge >= 0.3 is 0 Å². The first-order valence-corrected chi connectivity index (χ1v) is 5.61. The summed E-state index contributed by atoms with van der Waals surface area (Å²) in [5.41, 5.74) is 2.52. The number of rotatable bonds is 2. The Labute approximate surface area is 96.4 Å². The highest BCUT2D eigenvalue weighted by Crippen LogP contribution is 2.43. The molecule has 0 bridgehead atoms. The summed E-state index contributed by atoms with van der Waals surface area (Å²) in [7, 11) is 1.43. The van der Waals surface area contributed by atoms with Gasteiger partial charge in [-0.3, -0.25) is 9.83 Å². The number of nitrogens with zero attached hydrogens (tertiary/aromatic N) is 1. The number of hydrogen-bond donors (Lipinski definition) is 4. The normalized spacial score (nSPS) is 42.8. The van der Waals surface area contributed by atoms with Gasteiger partial charge in [0, 0.05) is 0 Å². The molecule has 92 valence electrons. The number of aliphatic hydroxyl groups is 3. The lowest BCUT2D eigenvalue weighted by molar-refractivity contribution is -0.155. The number of aliphatic hydroxyl groups excluding tert-OH is 3. The molecule has 1 fully saturated rings. The van der Waals surface area contributed by atoms with Crippen molar-refractivity contribution in [2.75, 3.05) is 20.3 Å². The van der Waals surface area contributed by atoms with E-state index in [0.717, 1.165) is 11.8 Å². The average molecular weight is 250 g/mol. The van der Waals surface area contributed by atoms with Crippen LogP contribution in [0.25, 0.3) is 0 Å². The van der Waals surface area contributed by atoms with Gasteiger partial charge in [0.2, 0.25) is 0 Å². The third-order valence-electron chi connectivity index (χ3n) is 2.60. The van der Waals surface area contributed by atoms with E-state index in [9.17, 15) is 15.3 Å². The predicted octanol–water partition coefficient (Wildman–Crippen LogP) is -1.95. The molecule has 0 aromatic rings. The van der Waals surface area contributed by atoms with Gasteiger partial charge in [-0.1, -0.05) is 0 Å². The first-order chi connectivity index (χ1) is 7.63. The zero-order chi connectivity index (χ0) is 11.8. The zero-order valence-corrected chi connectivity index (χ0v) is 9.48. The van der Waals surface area contributed by atoms with Crippen LogP contribution in [0.1, 0.15) is 0 Å². The Morgan fingerprint density at radius 2 is 2.44 bits per heavy atom. The molecule has 0 saturated carbocycles. The predicted molar refractivity (Wildman–Crippen MR) is 56.7 cm³/mol. The molecule has 16 heavy (non-hydrogen) atoms. The molecule has 2 aliphatic rings. The van der Waals surface area contributed by atoms with Crippen molar-refractivity contribution in [1.29, 1.82) is 0 Å². The van der Waals surface area contributed by atoms with Gasteiger partial charge < -0.3 is 20.1 Å². The van der Waals surface area contributed by atoms with Gasteiger partial charge in [-0.05, 0) is 11.8 Å². The third kappa shape index (κ3) is 1.81. The van der Waals surface area contributed by atoms with E-state index in [-0.39, 0.29) is 13.2 Å². The lowest BCUT2D eigenvalue weighted by Gasteiger charge is -2.40. The van der Waals surface area contributed by atoms with Crippen LogP contribution >= 0.6 is 11.8 Å². The largest absolute Gasteiger partial charge is 0.392 e. The number of aliphatic imine (C=N–C) groups is 1. The fraction of sp³-hybridized carbons (Fsp3) is 0.875. The van der Waals surface area contributed by atoms with Crippen LogP contribution in [0.3, 0.4) is 0 Å². The van der Waals surface area contributed by atoms with E-state index in [2.05, 4.69) is 10.5 Å².